The molecule has 1 aliphatic rings. The summed E-state index contributed by atoms with van der Waals surface area (Å²) in [6.45, 7) is 2.49. The molecule has 1 atom stereocenters. The Kier molecular flexibility index (Phi) is 6.07. The Hall–Kier alpha value is -3.22. The number of hydrogen-bond acceptors (Lipinski definition) is 5. The van der Waals surface area contributed by atoms with Crippen LogP contribution in [0.25, 0.3) is 0 Å². The van der Waals surface area contributed by atoms with Crippen molar-refractivity contribution in [3.8, 4) is 0 Å². The summed E-state index contributed by atoms with van der Waals surface area (Å²) in [6, 6.07) is 7.82. The topological polar surface area (TPSA) is 97.6 Å². The van der Waals surface area contributed by atoms with Crippen molar-refractivity contribution in [3.63, 3.8) is 0 Å². The first kappa shape index (κ1) is 20.1. The average Bonchev–Trinajstić information content (AvgIpc) is 2.75. The number of H-pyrrole nitrogens is 1. The number of hydrogen-bond donors (Lipinski definition) is 2. The Morgan fingerprint density at radius 1 is 1.33 bits per heavy atom. The number of rotatable bonds is 7. The lowest BCUT2D eigenvalue weighted by Crippen LogP contribution is -2.30. The minimum Gasteiger partial charge on any atom is -0.619 e. The van der Waals surface area contributed by atoms with E-state index in [1.54, 1.807) is 19.2 Å². The lowest BCUT2D eigenvalue weighted by atomic mass is 9.84. The molecule has 3 heterocycles. The largest absolute Gasteiger partial charge is 0.619 e. The number of anilines is 1. The number of pyridine rings is 2. The molecule has 7 nitrogen and oxygen atoms in total. The number of aromatic nitrogens is 4. The lowest BCUT2D eigenvalue weighted by molar-refractivity contribution is -0.612. The summed E-state index contributed by atoms with van der Waals surface area (Å²) in [5.41, 5.74) is 4.31. The van der Waals surface area contributed by atoms with Gasteiger partial charge in [0.1, 0.15) is 0 Å². The molecular formula is C23H27N5O2. The quantitative estimate of drug-likeness (QED) is 0.358. The molecule has 4 rings (SSSR count). The minimum absolute atomic E-state index is 0.278. The molecule has 2 N–H and O–H groups in total. The van der Waals surface area contributed by atoms with E-state index in [0.717, 1.165) is 36.1 Å². The highest BCUT2D eigenvalue weighted by Crippen LogP contribution is 2.32. The van der Waals surface area contributed by atoms with Crippen molar-refractivity contribution in [2.75, 3.05) is 11.9 Å². The zero-order valence-electron chi connectivity index (χ0n) is 17.2. The summed E-state index contributed by atoms with van der Waals surface area (Å²) in [5, 5.41) is 14.9. The van der Waals surface area contributed by atoms with Crippen molar-refractivity contribution in [2.24, 2.45) is 0 Å². The van der Waals surface area contributed by atoms with Gasteiger partial charge in [-0.15, -0.1) is 0 Å². The highest BCUT2D eigenvalue weighted by Gasteiger charge is 2.20. The van der Waals surface area contributed by atoms with Crippen LogP contribution < -0.4 is 15.6 Å². The van der Waals surface area contributed by atoms with Crippen LogP contribution in [0.4, 0.5) is 5.95 Å². The Labute approximate surface area is 175 Å². The van der Waals surface area contributed by atoms with Gasteiger partial charge in [-0.05, 0) is 49.8 Å². The van der Waals surface area contributed by atoms with E-state index in [2.05, 4.69) is 26.3 Å². The molecule has 30 heavy (non-hydrogen) atoms. The third-order valence-corrected chi connectivity index (χ3v) is 5.77. The number of nitrogens with one attached hydrogen (secondary N) is 2. The van der Waals surface area contributed by atoms with Gasteiger partial charge in [0.2, 0.25) is 5.95 Å². The Balaban J connectivity index is 1.30. The fourth-order valence-electron chi connectivity index (χ4n) is 4.10. The molecular weight excluding hydrogens is 378 g/mol. The molecule has 7 heteroatoms. The highest BCUT2D eigenvalue weighted by molar-refractivity contribution is 5.28. The molecule has 3 aromatic heterocycles. The summed E-state index contributed by atoms with van der Waals surface area (Å²) in [7, 11) is 0. The summed E-state index contributed by atoms with van der Waals surface area (Å²) >= 11 is 0. The first-order valence-corrected chi connectivity index (χ1v) is 10.5. The number of aryl methyl sites for hydroxylation is 2. The van der Waals surface area contributed by atoms with Gasteiger partial charge in [0.05, 0.1) is 0 Å². The van der Waals surface area contributed by atoms with E-state index in [0.29, 0.717) is 29.5 Å². The van der Waals surface area contributed by atoms with Crippen LogP contribution in [-0.2, 0) is 12.8 Å². The SMILES string of the molecule is Cc1ccc(Cc2c[nH]c(NCCCC3CCCc4cccnc43)nc2=O)c[n+]1[O-]. The molecule has 0 bridgehead atoms. The zero-order valence-corrected chi connectivity index (χ0v) is 17.2. The van der Waals surface area contributed by atoms with Crippen LogP contribution in [0.3, 0.4) is 0 Å². The van der Waals surface area contributed by atoms with Crippen LogP contribution in [0.5, 0.6) is 0 Å². The van der Waals surface area contributed by atoms with Gasteiger partial charge in [0.15, 0.2) is 11.9 Å². The maximum atomic E-state index is 12.3. The second kappa shape index (κ2) is 9.07. The Morgan fingerprint density at radius 3 is 3.07 bits per heavy atom. The van der Waals surface area contributed by atoms with Crippen LogP contribution in [-0.4, -0.2) is 21.5 Å². The zero-order chi connectivity index (χ0) is 20.9. The van der Waals surface area contributed by atoms with Crippen molar-refractivity contribution in [2.45, 2.75) is 51.4 Å². The van der Waals surface area contributed by atoms with Crippen LogP contribution in [0.15, 0.2) is 47.7 Å². The normalized spacial score (nSPS) is 15.6. The van der Waals surface area contributed by atoms with Crippen molar-refractivity contribution in [1.29, 1.82) is 0 Å². The maximum absolute atomic E-state index is 12.3. The molecule has 0 saturated heterocycles. The van der Waals surface area contributed by atoms with E-state index in [1.165, 1.54) is 30.3 Å². The van der Waals surface area contributed by atoms with Gasteiger partial charge >= 0.3 is 0 Å². The van der Waals surface area contributed by atoms with Gasteiger partial charge in [-0.1, -0.05) is 6.07 Å². The van der Waals surface area contributed by atoms with Crippen LogP contribution in [0, 0.1) is 12.1 Å². The van der Waals surface area contributed by atoms with Crippen molar-refractivity contribution < 1.29 is 4.73 Å². The van der Waals surface area contributed by atoms with Gasteiger partial charge in [-0.2, -0.15) is 9.71 Å². The summed E-state index contributed by atoms with van der Waals surface area (Å²) in [6.07, 6.45) is 11.0. The van der Waals surface area contributed by atoms with E-state index >= 15 is 0 Å². The van der Waals surface area contributed by atoms with Gasteiger partial charge in [0, 0.05) is 61.1 Å². The van der Waals surface area contributed by atoms with Crippen molar-refractivity contribution in [1.82, 2.24) is 15.0 Å². The predicted octanol–water partition coefficient (Wildman–Crippen LogP) is 3.01. The second-order valence-corrected chi connectivity index (χ2v) is 7.97. The number of fused-ring (bicyclic) bond motifs is 1. The van der Waals surface area contributed by atoms with Crippen molar-refractivity contribution >= 4 is 5.95 Å². The van der Waals surface area contributed by atoms with E-state index in [9.17, 15) is 10.0 Å². The first-order valence-electron chi connectivity index (χ1n) is 10.5. The smallest absolute Gasteiger partial charge is 0.277 e. The Morgan fingerprint density at radius 2 is 2.23 bits per heavy atom. The lowest BCUT2D eigenvalue weighted by Gasteiger charge is -2.24. The summed E-state index contributed by atoms with van der Waals surface area (Å²) in [4.78, 5) is 24.1. The van der Waals surface area contributed by atoms with E-state index in [1.807, 2.05) is 18.3 Å². The van der Waals surface area contributed by atoms with Gasteiger partial charge in [-0.3, -0.25) is 9.78 Å². The third-order valence-electron chi connectivity index (χ3n) is 5.77. The molecule has 1 aliphatic carbocycles. The first-order chi connectivity index (χ1) is 14.6. The maximum Gasteiger partial charge on any atom is 0.277 e. The van der Waals surface area contributed by atoms with E-state index < -0.39 is 0 Å². The summed E-state index contributed by atoms with van der Waals surface area (Å²) in [5.74, 6) is 0.998. The molecule has 0 aliphatic heterocycles. The van der Waals surface area contributed by atoms with Crippen molar-refractivity contribution in [3.05, 3.63) is 86.5 Å². The second-order valence-electron chi connectivity index (χ2n) is 7.97. The molecule has 0 aromatic carbocycles. The third kappa shape index (κ3) is 4.67. The predicted molar refractivity (Wildman–Crippen MR) is 115 cm³/mol. The fourth-order valence-corrected chi connectivity index (χ4v) is 4.10. The number of nitrogens with zero attached hydrogens (tertiary/aromatic N) is 3. The molecule has 1 unspecified atom stereocenters. The standard InChI is InChI=1S/C23H27N5O2/c1-16-9-10-17(15-28(16)30)13-20-14-26-23(27-22(20)29)25-12-4-8-19-6-2-5-18-7-3-11-24-21(18)19/h3,7,9-11,14-15,19H,2,4-6,8,12-13H2,1H3,(H2,25,26,27,29). The van der Waals surface area contributed by atoms with Gasteiger partial charge < -0.3 is 15.5 Å². The monoisotopic (exact) mass is 405 g/mol. The molecule has 0 radical (unpaired) electrons. The highest BCUT2D eigenvalue weighted by atomic mass is 16.5. The minimum atomic E-state index is -0.278. The molecule has 3 aromatic rings. The summed E-state index contributed by atoms with van der Waals surface area (Å²) < 4.78 is 0.813. The molecule has 0 amide bonds. The van der Waals surface area contributed by atoms with E-state index in [-0.39, 0.29) is 5.56 Å². The van der Waals surface area contributed by atoms with Crippen LogP contribution in [0.2, 0.25) is 0 Å². The van der Waals surface area contributed by atoms with Crippen LogP contribution >= 0.6 is 0 Å². The average molecular weight is 406 g/mol. The number of aromatic amines is 1. The van der Waals surface area contributed by atoms with Gasteiger partial charge in [-0.25, -0.2) is 0 Å². The van der Waals surface area contributed by atoms with Gasteiger partial charge in [0.25, 0.3) is 5.56 Å². The fraction of sp³-hybridized carbons (Fsp3) is 0.391. The van der Waals surface area contributed by atoms with E-state index in [4.69, 9.17) is 0 Å². The molecule has 0 saturated carbocycles. The van der Waals surface area contributed by atoms with Crippen LogP contribution in [0.1, 0.15) is 59.7 Å². The molecule has 156 valence electrons. The molecule has 0 spiro atoms. The molecule has 0 fully saturated rings. The Bertz CT molecular complexity index is 1080.